The summed E-state index contributed by atoms with van der Waals surface area (Å²) < 4.78 is 0. The highest BCUT2D eigenvalue weighted by molar-refractivity contribution is 7.09. The number of rotatable bonds is 5. The highest BCUT2D eigenvalue weighted by Gasteiger charge is 2.17. The van der Waals surface area contributed by atoms with E-state index in [4.69, 9.17) is 5.11 Å². The SMILES string of the molecule is CC(C)Cc1nc(C(=O)N(C)CC(=O)O)cs1. The molecule has 0 atom stereocenters. The van der Waals surface area contributed by atoms with Crippen molar-refractivity contribution in [3.05, 3.63) is 16.1 Å². The van der Waals surface area contributed by atoms with Gasteiger partial charge < -0.3 is 10.0 Å². The molecule has 0 aliphatic carbocycles. The Balaban J connectivity index is 2.69. The second kappa shape index (κ2) is 5.77. The van der Waals surface area contributed by atoms with Crippen LogP contribution >= 0.6 is 11.3 Å². The first-order chi connectivity index (χ1) is 7.90. The summed E-state index contributed by atoms with van der Waals surface area (Å²) in [5, 5.41) is 11.2. The van der Waals surface area contributed by atoms with Crippen molar-refractivity contribution in [1.82, 2.24) is 9.88 Å². The van der Waals surface area contributed by atoms with E-state index < -0.39 is 5.97 Å². The van der Waals surface area contributed by atoms with Crippen LogP contribution in [0, 0.1) is 5.92 Å². The minimum atomic E-state index is -1.03. The quantitative estimate of drug-likeness (QED) is 0.866. The van der Waals surface area contributed by atoms with Crippen molar-refractivity contribution in [2.24, 2.45) is 5.92 Å². The van der Waals surface area contributed by atoms with Crippen molar-refractivity contribution < 1.29 is 14.7 Å². The summed E-state index contributed by atoms with van der Waals surface area (Å²) in [5.74, 6) is -0.891. The van der Waals surface area contributed by atoms with Gasteiger partial charge in [-0.3, -0.25) is 9.59 Å². The molecule has 0 bridgehead atoms. The monoisotopic (exact) mass is 256 g/mol. The Morgan fingerprint density at radius 2 is 2.18 bits per heavy atom. The number of hydrogen-bond acceptors (Lipinski definition) is 4. The molecule has 0 aliphatic rings. The molecule has 0 aliphatic heterocycles. The van der Waals surface area contributed by atoms with Crippen LogP contribution in [0.5, 0.6) is 0 Å². The van der Waals surface area contributed by atoms with Gasteiger partial charge in [0.05, 0.1) is 5.01 Å². The summed E-state index contributed by atoms with van der Waals surface area (Å²) in [6, 6.07) is 0. The van der Waals surface area contributed by atoms with Gasteiger partial charge in [0.1, 0.15) is 12.2 Å². The Kier molecular flexibility index (Phi) is 4.62. The molecular formula is C11H16N2O3S. The first kappa shape index (κ1) is 13.6. The number of thiazole rings is 1. The first-order valence-corrected chi connectivity index (χ1v) is 6.19. The Morgan fingerprint density at radius 3 is 2.71 bits per heavy atom. The fourth-order valence-corrected chi connectivity index (χ4v) is 2.30. The lowest BCUT2D eigenvalue weighted by molar-refractivity contribution is -0.137. The van der Waals surface area contributed by atoms with E-state index in [9.17, 15) is 9.59 Å². The average molecular weight is 256 g/mol. The number of aromatic nitrogens is 1. The third-order valence-electron chi connectivity index (χ3n) is 2.07. The normalized spacial score (nSPS) is 10.6. The lowest BCUT2D eigenvalue weighted by Gasteiger charge is -2.12. The highest BCUT2D eigenvalue weighted by Crippen LogP contribution is 2.15. The third-order valence-corrected chi connectivity index (χ3v) is 2.94. The molecule has 0 fully saturated rings. The second-order valence-electron chi connectivity index (χ2n) is 4.28. The van der Waals surface area contributed by atoms with E-state index >= 15 is 0 Å². The van der Waals surface area contributed by atoms with Crippen molar-refractivity contribution in [3.8, 4) is 0 Å². The zero-order chi connectivity index (χ0) is 13.0. The molecule has 1 rings (SSSR count). The number of hydrogen-bond donors (Lipinski definition) is 1. The molecule has 0 spiro atoms. The van der Waals surface area contributed by atoms with Crippen LogP contribution in [0.15, 0.2) is 5.38 Å². The van der Waals surface area contributed by atoms with E-state index in [0.717, 1.165) is 16.3 Å². The van der Waals surface area contributed by atoms with Crippen LogP contribution in [0.25, 0.3) is 0 Å². The standard InChI is InChI=1S/C11H16N2O3S/c1-7(2)4-9-12-8(6-17-9)11(16)13(3)5-10(14)15/h6-7H,4-5H2,1-3H3,(H,14,15). The molecule has 17 heavy (non-hydrogen) atoms. The molecule has 0 saturated heterocycles. The zero-order valence-electron chi connectivity index (χ0n) is 10.1. The van der Waals surface area contributed by atoms with Gasteiger partial charge in [-0.15, -0.1) is 11.3 Å². The van der Waals surface area contributed by atoms with E-state index in [0.29, 0.717) is 11.6 Å². The molecule has 1 amide bonds. The average Bonchev–Trinajstić information content (AvgIpc) is 2.62. The Bertz CT molecular complexity index is 415. The van der Waals surface area contributed by atoms with E-state index in [1.807, 2.05) is 0 Å². The summed E-state index contributed by atoms with van der Waals surface area (Å²) in [4.78, 5) is 27.6. The molecule has 5 nitrogen and oxygen atoms in total. The molecule has 94 valence electrons. The smallest absolute Gasteiger partial charge is 0.323 e. The summed E-state index contributed by atoms with van der Waals surface area (Å²) in [6.07, 6.45) is 0.834. The predicted octanol–water partition coefficient (Wildman–Crippen LogP) is 1.50. The van der Waals surface area contributed by atoms with Gasteiger partial charge in [-0.2, -0.15) is 0 Å². The first-order valence-electron chi connectivity index (χ1n) is 5.31. The number of carboxylic acid groups (broad SMARTS) is 1. The zero-order valence-corrected chi connectivity index (χ0v) is 11.0. The number of aliphatic carboxylic acids is 1. The molecule has 6 heteroatoms. The van der Waals surface area contributed by atoms with Gasteiger partial charge in [-0.1, -0.05) is 13.8 Å². The summed E-state index contributed by atoms with van der Waals surface area (Å²) >= 11 is 1.44. The molecule has 1 aromatic heterocycles. The number of amides is 1. The number of carboxylic acids is 1. The molecule has 0 aromatic carbocycles. The Morgan fingerprint density at radius 1 is 1.53 bits per heavy atom. The van der Waals surface area contributed by atoms with Gasteiger partial charge in [0.15, 0.2) is 0 Å². The topological polar surface area (TPSA) is 70.5 Å². The van der Waals surface area contributed by atoms with Gasteiger partial charge in [0.25, 0.3) is 5.91 Å². The molecule has 0 unspecified atom stereocenters. The number of carbonyl (C=O) groups excluding carboxylic acids is 1. The van der Waals surface area contributed by atoms with Crippen LogP contribution < -0.4 is 0 Å². The summed E-state index contributed by atoms with van der Waals surface area (Å²) in [6.45, 7) is 3.86. The fraction of sp³-hybridized carbons (Fsp3) is 0.545. The van der Waals surface area contributed by atoms with E-state index in [1.54, 1.807) is 5.38 Å². The van der Waals surface area contributed by atoms with Crippen LogP contribution in [-0.4, -0.2) is 40.5 Å². The van der Waals surface area contributed by atoms with Crippen molar-refractivity contribution >= 4 is 23.2 Å². The summed E-state index contributed by atoms with van der Waals surface area (Å²) in [5.41, 5.74) is 0.328. The van der Waals surface area contributed by atoms with Gasteiger partial charge in [0.2, 0.25) is 0 Å². The Labute approximate surface area is 104 Å². The predicted molar refractivity (Wildman–Crippen MR) is 65.3 cm³/mol. The lowest BCUT2D eigenvalue weighted by atomic mass is 10.1. The maximum absolute atomic E-state index is 11.8. The lowest BCUT2D eigenvalue weighted by Crippen LogP contribution is -2.32. The van der Waals surface area contributed by atoms with Crippen molar-refractivity contribution in [1.29, 1.82) is 0 Å². The molecular weight excluding hydrogens is 240 g/mol. The number of carbonyl (C=O) groups is 2. The van der Waals surface area contributed by atoms with Crippen molar-refractivity contribution in [3.63, 3.8) is 0 Å². The minimum absolute atomic E-state index is 0.310. The molecule has 0 saturated carbocycles. The van der Waals surface area contributed by atoms with Gasteiger partial charge in [0, 0.05) is 18.8 Å². The van der Waals surface area contributed by atoms with Crippen molar-refractivity contribution in [2.45, 2.75) is 20.3 Å². The minimum Gasteiger partial charge on any atom is -0.480 e. The van der Waals surface area contributed by atoms with E-state index in [2.05, 4.69) is 18.8 Å². The van der Waals surface area contributed by atoms with Crippen LogP contribution in [0.4, 0.5) is 0 Å². The van der Waals surface area contributed by atoms with Crippen LogP contribution in [0.1, 0.15) is 29.3 Å². The van der Waals surface area contributed by atoms with Crippen LogP contribution in [0.3, 0.4) is 0 Å². The van der Waals surface area contributed by atoms with Gasteiger partial charge in [-0.25, -0.2) is 4.98 Å². The molecule has 1 aromatic rings. The highest BCUT2D eigenvalue weighted by atomic mass is 32.1. The van der Waals surface area contributed by atoms with Crippen molar-refractivity contribution in [2.75, 3.05) is 13.6 Å². The Hall–Kier alpha value is -1.43. The number of likely N-dealkylation sites (N-methyl/N-ethyl adjacent to an activating group) is 1. The van der Waals surface area contributed by atoms with Crippen LogP contribution in [-0.2, 0) is 11.2 Å². The largest absolute Gasteiger partial charge is 0.480 e. The van der Waals surface area contributed by atoms with Gasteiger partial charge in [-0.05, 0) is 5.92 Å². The fourth-order valence-electron chi connectivity index (χ4n) is 1.32. The van der Waals surface area contributed by atoms with Gasteiger partial charge >= 0.3 is 5.97 Å². The molecule has 1 N–H and O–H groups in total. The van der Waals surface area contributed by atoms with E-state index in [-0.39, 0.29) is 12.5 Å². The number of nitrogens with zero attached hydrogens (tertiary/aromatic N) is 2. The molecule has 0 radical (unpaired) electrons. The summed E-state index contributed by atoms with van der Waals surface area (Å²) in [7, 11) is 1.46. The van der Waals surface area contributed by atoms with Crippen LogP contribution in [0.2, 0.25) is 0 Å². The second-order valence-corrected chi connectivity index (χ2v) is 5.22. The third kappa shape index (κ3) is 4.14. The maximum atomic E-state index is 11.8. The molecule has 1 heterocycles. The maximum Gasteiger partial charge on any atom is 0.323 e. The van der Waals surface area contributed by atoms with E-state index in [1.165, 1.54) is 18.4 Å².